The van der Waals surface area contributed by atoms with E-state index in [0.29, 0.717) is 0 Å². The summed E-state index contributed by atoms with van der Waals surface area (Å²) in [7, 11) is 1.63. The van der Waals surface area contributed by atoms with Crippen LogP contribution < -0.4 is 10.5 Å². The number of hydrogen-bond acceptors (Lipinski definition) is 3. The van der Waals surface area contributed by atoms with Gasteiger partial charge >= 0.3 is 0 Å². The van der Waals surface area contributed by atoms with Crippen LogP contribution in [0.25, 0.3) is 0 Å². The van der Waals surface area contributed by atoms with E-state index in [1.165, 1.54) is 0 Å². The number of hydrogen-bond donors (Lipinski definition) is 1. The average Bonchev–Trinajstić information content (AvgIpc) is 2.09. The highest BCUT2D eigenvalue weighted by Gasteiger charge is 2.02. The number of benzene rings is 1. The molecule has 1 aromatic rings. The van der Waals surface area contributed by atoms with E-state index in [9.17, 15) is 0 Å². The Hall–Kier alpha value is -0.830. The van der Waals surface area contributed by atoms with E-state index in [1.54, 1.807) is 18.9 Å². The third-order valence-corrected chi connectivity index (χ3v) is 2.28. The Morgan fingerprint density at radius 1 is 1.50 bits per heavy atom. The third kappa shape index (κ3) is 1.85. The number of thioether (sulfide) groups is 1. The fourth-order valence-corrected chi connectivity index (χ4v) is 1.61. The molecule has 1 aromatic carbocycles. The summed E-state index contributed by atoms with van der Waals surface area (Å²) in [6.07, 6.45) is 2.05. The number of anilines is 1. The summed E-state index contributed by atoms with van der Waals surface area (Å²) < 4.78 is 5.10. The molecule has 0 heterocycles. The van der Waals surface area contributed by atoms with Crippen molar-refractivity contribution in [2.45, 2.75) is 5.75 Å². The summed E-state index contributed by atoms with van der Waals surface area (Å²) in [6.45, 7) is 0. The highest BCUT2D eigenvalue weighted by Crippen LogP contribution is 2.26. The predicted octanol–water partition coefficient (Wildman–Crippen LogP) is 2.14. The van der Waals surface area contributed by atoms with E-state index < -0.39 is 0 Å². The van der Waals surface area contributed by atoms with Crippen LogP contribution in [0.2, 0.25) is 0 Å². The molecule has 0 fully saturated rings. The van der Waals surface area contributed by atoms with Crippen molar-refractivity contribution in [2.24, 2.45) is 0 Å². The molecule has 1 rings (SSSR count). The number of nitrogen functional groups attached to an aromatic ring is 1. The molecule has 0 aromatic heterocycles. The van der Waals surface area contributed by atoms with Gasteiger partial charge in [0, 0.05) is 5.75 Å². The van der Waals surface area contributed by atoms with Gasteiger partial charge in [-0.1, -0.05) is 12.1 Å². The van der Waals surface area contributed by atoms with Gasteiger partial charge in [-0.15, -0.1) is 0 Å². The topological polar surface area (TPSA) is 35.2 Å². The van der Waals surface area contributed by atoms with E-state index in [4.69, 9.17) is 10.5 Å². The van der Waals surface area contributed by atoms with Gasteiger partial charge in [0.25, 0.3) is 0 Å². The van der Waals surface area contributed by atoms with Crippen molar-refractivity contribution in [3.8, 4) is 5.75 Å². The van der Waals surface area contributed by atoms with Gasteiger partial charge in [0.1, 0.15) is 5.75 Å². The first-order chi connectivity index (χ1) is 5.79. The van der Waals surface area contributed by atoms with Gasteiger partial charge in [-0.05, 0) is 17.9 Å². The second-order valence-electron chi connectivity index (χ2n) is 2.47. The van der Waals surface area contributed by atoms with E-state index in [1.807, 2.05) is 18.2 Å². The largest absolute Gasteiger partial charge is 0.495 e. The number of para-hydroxylation sites is 1. The maximum atomic E-state index is 5.84. The Kier molecular flexibility index (Phi) is 3.29. The smallest absolute Gasteiger partial charge is 0.142 e. The summed E-state index contributed by atoms with van der Waals surface area (Å²) in [4.78, 5) is 0. The molecule has 2 N–H and O–H groups in total. The summed E-state index contributed by atoms with van der Waals surface area (Å²) in [6, 6.07) is 5.86. The molecular weight excluding hydrogens is 170 g/mol. The minimum absolute atomic E-state index is 0.759. The minimum atomic E-state index is 0.759. The molecule has 0 radical (unpaired) electrons. The minimum Gasteiger partial charge on any atom is -0.495 e. The Morgan fingerprint density at radius 3 is 2.83 bits per heavy atom. The Balaban J connectivity index is 2.97. The van der Waals surface area contributed by atoms with Crippen LogP contribution in [0.1, 0.15) is 5.56 Å². The van der Waals surface area contributed by atoms with Crippen LogP contribution in [0.15, 0.2) is 18.2 Å². The molecule has 0 spiro atoms. The molecule has 0 atom stereocenters. The Labute approximate surface area is 77.1 Å². The second kappa shape index (κ2) is 4.26. The first-order valence-corrected chi connectivity index (χ1v) is 5.09. The molecular formula is C9H13NOS. The van der Waals surface area contributed by atoms with Crippen molar-refractivity contribution in [3.05, 3.63) is 23.8 Å². The third-order valence-electron chi connectivity index (χ3n) is 1.68. The molecule has 3 heteroatoms. The van der Waals surface area contributed by atoms with Crippen LogP contribution in [-0.2, 0) is 5.75 Å². The lowest BCUT2D eigenvalue weighted by atomic mass is 10.2. The van der Waals surface area contributed by atoms with Gasteiger partial charge in [0.05, 0.1) is 12.8 Å². The first kappa shape index (κ1) is 9.26. The fourth-order valence-electron chi connectivity index (χ4n) is 1.05. The van der Waals surface area contributed by atoms with E-state index in [2.05, 4.69) is 6.26 Å². The van der Waals surface area contributed by atoms with Crippen molar-refractivity contribution in [3.63, 3.8) is 0 Å². The molecule has 2 nitrogen and oxygen atoms in total. The number of ether oxygens (including phenoxy) is 1. The molecule has 66 valence electrons. The fraction of sp³-hybridized carbons (Fsp3) is 0.333. The van der Waals surface area contributed by atoms with Crippen LogP contribution in [0, 0.1) is 0 Å². The number of nitrogens with two attached hydrogens (primary N) is 1. The molecule has 0 saturated carbocycles. The van der Waals surface area contributed by atoms with Gasteiger partial charge < -0.3 is 10.5 Å². The second-order valence-corrected chi connectivity index (χ2v) is 3.33. The predicted molar refractivity (Wildman–Crippen MR) is 54.6 cm³/mol. The van der Waals surface area contributed by atoms with Crippen molar-refractivity contribution < 1.29 is 4.74 Å². The van der Waals surface area contributed by atoms with Crippen molar-refractivity contribution in [1.29, 1.82) is 0 Å². The van der Waals surface area contributed by atoms with Crippen LogP contribution in [0.3, 0.4) is 0 Å². The lowest BCUT2D eigenvalue weighted by Crippen LogP contribution is -1.96. The van der Waals surface area contributed by atoms with Crippen LogP contribution in [-0.4, -0.2) is 13.4 Å². The number of rotatable bonds is 3. The van der Waals surface area contributed by atoms with E-state index >= 15 is 0 Å². The molecule has 0 aliphatic rings. The molecule has 0 aliphatic carbocycles. The summed E-state index contributed by atoms with van der Waals surface area (Å²) >= 11 is 1.75. The van der Waals surface area contributed by atoms with E-state index in [0.717, 1.165) is 22.8 Å². The van der Waals surface area contributed by atoms with E-state index in [-0.39, 0.29) is 0 Å². The van der Waals surface area contributed by atoms with Gasteiger partial charge in [-0.25, -0.2) is 0 Å². The molecule has 12 heavy (non-hydrogen) atoms. The maximum Gasteiger partial charge on any atom is 0.142 e. The average molecular weight is 183 g/mol. The summed E-state index contributed by atoms with van der Waals surface area (Å²) in [5.41, 5.74) is 7.74. The van der Waals surface area contributed by atoms with Crippen molar-refractivity contribution >= 4 is 17.4 Å². The maximum absolute atomic E-state index is 5.84. The molecule has 0 amide bonds. The Bertz CT molecular complexity index is 263. The molecule has 0 unspecified atom stereocenters. The lowest BCUT2D eigenvalue weighted by Gasteiger charge is -2.08. The summed E-state index contributed by atoms with van der Waals surface area (Å²) in [5.74, 6) is 1.70. The zero-order chi connectivity index (χ0) is 8.97. The molecule has 0 aliphatic heterocycles. The normalized spacial score (nSPS) is 9.83. The first-order valence-electron chi connectivity index (χ1n) is 3.70. The SMILES string of the molecule is COc1cccc(CSC)c1N. The Morgan fingerprint density at radius 2 is 2.25 bits per heavy atom. The molecule has 0 saturated heterocycles. The highest BCUT2D eigenvalue weighted by molar-refractivity contribution is 7.97. The van der Waals surface area contributed by atoms with Crippen LogP contribution in [0.5, 0.6) is 5.75 Å². The van der Waals surface area contributed by atoms with Gasteiger partial charge in [-0.3, -0.25) is 0 Å². The summed E-state index contributed by atoms with van der Waals surface area (Å²) in [5, 5.41) is 0. The van der Waals surface area contributed by atoms with Gasteiger partial charge in [-0.2, -0.15) is 11.8 Å². The standard InChI is InChI=1S/C9H13NOS/c1-11-8-5-3-4-7(6-12-2)9(8)10/h3-5H,6,10H2,1-2H3. The van der Waals surface area contributed by atoms with Crippen LogP contribution >= 0.6 is 11.8 Å². The lowest BCUT2D eigenvalue weighted by molar-refractivity contribution is 0.416. The molecule has 0 bridgehead atoms. The van der Waals surface area contributed by atoms with Crippen LogP contribution in [0.4, 0.5) is 5.69 Å². The monoisotopic (exact) mass is 183 g/mol. The van der Waals surface area contributed by atoms with Crippen molar-refractivity contribution in [1.82, 2.24) is 0 Å². The van der Waals surface area contributed by atoms with Gasteiger partial charge in [0.2, 0.25) is 0 Å². The quantitative estimate of drug-likeness (QED) is 0.729. The zero-order valence-electron chi connectivity index (χ0n) is 7.33. The zero-order valence-corrected chi connectivity index (χ0v) is 8.15. The highest BCUT2D eigenvalue weighted by atomic mass is 32.2. The van der Waals surface area contributed by atoms with Gasteiger partial charge in [0.15, 0.2) is 0 Å². The number of methoxy groups -OCH3 is 1. The van der Waals surface area contributed by atoms with Crippen molar-refractivity contribution in [2.75, 3.05) is 19.1 Å².